The highest BCUT2D eigenvalue weighted by Gasteiger charge is 2.45. The lowest BCUT2D eigenvalue weighted by molar-refractivity contribution is -0.0779. The van der Waals surface area contributed by atoms with Crippen LogP contribution in [0.25, 0.3) is 6.08 Å². The molecule has 0 spiro atoms. The number of anilines is 1. The number of methoxy groups -OCH3 is 1. The Balaban J connectivity index is 1.71. The van der Waals surface area contributed by atoms with Crippen molar-refractivity contribution in [3.63, 3.8) is 0 Å². The molecular formula is C23H27FN2O5S. The van der Waals surface area contributed by atoms with Crippen LogP contribution in [0.4, 0.5) is 10.1 Å². The number of aliphatic hydroxyl groups excluding tert-OH is 1. The van der Waals surface area contributed by atoms with Crippen LogP contribution in [0.15, 0.2) is 41.3 Å². The van der Waals surface area contributed by atoms with E-state index >= 15 is 0 Å². The van der Waals surface area contributed by atoms with Crippen molar-refractivity contribution >= 4 is 21.8 Å². The van der Waals surface area contributed by atoms with Crippen LogP contribution in [-0.2, 0) is 14.8 Å². The number of sulfonamides is 1. The van der Waals surface area contributed by atoms with E-state index in [4.69, 9.17) is 9.47 Å². The molecule has 3 unspecified atom stereocenters. The minimum Gasteiger partial charge on any atom is -0.492 e. The molecule has 1 fully saturated rings. The van der Waals surface area contributed by atoms with Crippen LogP contribution in [0.1, 0.15) is 42.2 Å². The molecule has 3 atom stereocenters. The standard InChI is InChI=1S/C23H27FN2O5S/c1-3-25-10-4-5-14-11-16(24)6-9-20(14)32(28,29)26-19-8-7-17-18-12-15(18)13-31-22(17)21(19)23(27)30-2/h4-9,11,15,18,23,25-27H,3,10,12-13H2,1-2H3. The summed E-state index contributed by atoms with van der Waals surface area (Å²) < 4.78 is 53.9. The molecule has 172 valence electrons. The minimum absolute atomic E-state index is 0.0783. The summed E-state index contributed by atoms with van der Waals surface area (Å²) >= 11 is 0. The van der Waals surface area contributed by atoms with E-state index in [0.717, 1.165) is 24.6 Å². The van der Waals surface area contributed by atoms with Crippen molar-refractivity contribution in [3.8, 4) is 5.75 Å². The normalized spacial score (nSPS) is 20.4. The van der Waals surface area contributed by atoms with Crippen molar-refractivity contribution in [2.24, 2.45) is 5.92 Å². The van der Waals surface area contributed by atoms with Gasteiger partial charge in [0.15, 0.2) is 6.29 Å². The monoisotopic (exact) mass is 462 g/mol. The number of hydrogen-bond donors (Lipinski definition) is 3. The minimum atomic E-state index is -4.11. The van der Waals surface area contributed by atoms with Gasteiger partial charge in [-0.25, -0.2) is 12.8 Å². The van der Waals surface area contributed by atoms with Crippen LogP contribution in [0, 0.1) is 11.7 Å². The Morgan fingerprint density at radius 1 is 1.34 bits per heavy atom. The van der Waals surface area contributed by atoms with Gasteiger partial charge in [0.2, 0.25) is 0 Å². The number of benzene rings is 2. The third kappa shape index (κ3) is 4.52. The molecular weight excluding hydrogens is 435 g/mol. The molecule has 7 nitrogen and oxygen atoms in total. The summed E-state index contributed by atoms with van der Waals surface area (Å²) in [6.45, 7) is 3.75. The molecule has 1 saturated carbocycles. The Kier molecular flexibility index (Phi) is 6.52. The third-order valence-electron chi connectivity index (χ3n) is 5.78. The van der Waals surface area contributed by atoms with Gasteiger partial charge in [-0.2, -0.15) is 0 Å². The van der Waals surface area contributed by atoms with Gasteiger partial charge in [0, 0.05) is 19.6 Å². The molecule has 0 bridgehead atoms. The van der Waals surface area contributed by atoms with Crippen molar-refractivity contribution in [1.29, 1.82) is 0 Å². The summed E-state index contributed by atoms with van der Waals surface area (Å²) in [5.41, 5.74) is 1.57. The van der Waals surface area contributed by atoms with Gasteiger partial charge in [-0.3, -0.25) is 4.72 Å². The van der Waals surface area contributed by atoms with Crippen molar-refractivity contribution in [1.82, 2.24) is 5.32 Å². The smallest absolute Gasteiger partial charge is 0.262 e. The molecule has 4 rings (SSSR count). The van der Waals surface area contributed by atoms with Crippen LogP contribution >= 0.6 is 0 Å². The highest BCUT2D eigenvalue weighted by molar-refractivity contribution is 7.92. The molecule has 0 radical (unpaired) electrons. The van der Waals surface area contributed by atoms with Gasteiger partial charge < -0.3 is 19.9 Å². The predicted octanol–water partition coefficient (Wildman–Crippen LogP) is 3.38. The number of likely N-dealkylation sites (N-methyl/N-ethyl adjacent to an activating group) is 1. The first-order valence-electron chi connectivity index (χ1n) is 10.6. The number of ether oxygens (including phenoxy) is 2. The third-order valence-corrected chi connectivity index (χ3v) is 7.22. The Morgan fingerprint density at radius 3 is 2.91 bits per heavy atom. The molecule has 2 aromatic rings. The Labute approximate surface area is 187 Å². The summed E-state index contributed by atoms with van der Waals surface area (Å²) in [4.78, 5) is -0.0783. The lowest BCUT2D eigenvalue weighted by atomic mass is 10.00. The zero-order valence-corrected chi connectivity index (χ0v) is 18.8. The van der Waals surface area contributed by atoms with Gasteiger partial charge in [-0.15, -0.1) is 0 Å². The van der Waals surface area contributed by atoms with Gasteiger partial charge >= 0.3 is 0 Å². The molecule has 3 N–H and O–H groups in total. The number of fused-ring (bicyclic) bond motifs is 3. The molecule has 0 aromatic heterocycles. The summed E-state index contributed by atoms with van der Waals surface area (Å²) in [7, 11) is -2.78. The predicted molar refractivity (Wildman–Crippen MR) is 120 cm³/mol. The van der Waals surface area contributed by atoms with E-state index < -0.39 is 22.1 Å². The van der Waals surface area contributed by atoms with Gasteiger partial charge in [0.05, 0.1) is 22.8 Å². The van der Waals surface area contributed by atoms with E-state index in [1.807, 2.05) is 13.0 Å². The fourth-order valence-electron chi connectivity index (χ4n) is 4.03. The lowest BCUT2D eigenvalue weighted by Gasteiger charge is -2.25. The summed E-state index contributed by atoms with van der Waals surface area (Å²) in [6.07, 6.45) is 2.94. The summed E-state index contributed by atoms with van der Waals surface area (Å²) in [5.74, 6) is 0.748. The first-order chi connectivity index (χ1) is 15.4. The van der Waals surface area contributed by atoms with Crippen LogP contribution in [0.3, 0.4) is 0 Å². The van der Waals surface area contributed by atoms with E-state index in [0.29, 0.717) is 30.7 Å². The largest absolute Gasteiger partial charge is 0.492 e. The second-order valence-corrected chi connectivity index (χ2v) is 9.60. The molecule has 2 aromatic carbocycles. The summed E-state index contributed by atoms with van der Waals surface area (Å²) in [5, 5.41) is 13.6. The number of nitrogens with one attached hydrogen (secondary N) is 2. The number of halogens is 1. The first kappa shape index (κ1) is 22.7. The van der Waals surface area contributed by atoms with E-state index in [2.05, 4.69) is 10.0 Å². The molecule has 0 saturated heterocycles. The topological polar surface area (TPSA) is 96.9 Å². The zero-order valence-electron chi connectivity index (χ0n) is 18.0. The van der Waals surface area contributed by atoms with E-state index in [1.54, 1.807) is 18.2 Å². The van der Waals surface area contributed by atoms with Gasteiger partial charge in [-0.05, 0) is 54.3 Å². The lowest BCUT2D eigenvalue weighted by Crippen LogP contribution is -2.19. The Hall–Kier alpha value is -2.46. The molecule has 1 aliphatic carbocycles. The highest BCUT2D eigenvalue weighted by atomic mass is 32.2. The van der Waals surface area contributed by atoms with E-state index in [1.165, 1.54) is 19.2 Å². The maximum atomic E-state index is 13.9. The molecule has 9 heteroatoms. The van der Waals surface area contributed by atoms with Gasteiger partial charge in [-0.1, -0.05) is 25.1 Å². The van der Waals surface area contributed by atoms with Crippen LogP contribution in [0.5, 0.6) is 5.75 Å². The SMILES string of the molecule is CCNCC=Cc1cc(F)ccc1S(=O)(=O)Nc1ccc2c(c1C(O)OC)OCC1CC21. The molecule has 0 amide bonds. The Bertz CT molecular complexity index is 1140. The zero-order chi connectivity index (χ0) is 22.9. The van der Waals surface area contributed by atoms with Crippen LogP contribution in [-0.4, -0.2) is 40.3 Å². The fourth-order valence-corrected chi connectivity index (χ4v) is 5.29. The number of rotatable bonds is 9. The number of aliphatic hydroxyl groups is 1. The Morgan fingerprint density at radius 2 is 2.16 bits per heavy atom. The molecule has 1 heterocycles. The highest BCUT2D eigenvalue weighted by Crippen LogP contribution is 2.56. The van der Waals surface area contributed by atoms with Crippen molar-refractivity contribution in [2.45, 2.75) is 30.4 Å². The average Bonchev–Trinajstić information content (AvgIpc) is 3.56. The number of hydrogen-bond acceptors (Lipinski definition) is 6. The van der Waals surface area contributed by atoms with Crippen molar-refractivity contribution in [3.05, 3.63) is 58.9 Å². The molecule has 2 aliphatic rings. The van der Waals surface area contributed by atoms with E-state index in [9.17, 15) is 17.9 Å². The quantitative estimate of drug-likeness (QED) is 0.391. The van der Waals surface area contributed by atoms with Crippen LogP contribution in [0.2, 0.25) is 0 Å². The van der Waals surface area contributed by atoms with Crippen molar-refractivity contribution in [2.75, 3.05) is 31.5 Å². The van der Waals surface area contributed by atoms with E-state index in [-0.39, 0.29) is 21.7 Å². The maximum absolute atomic E-state index is 13.9. The van der Waals surface area contributed by atoms with Gasteiger partial charge in [0.25, 0.3) is 10.0 Å². The van der Waals surface area contributed by atoms with Crippen molar-refractivity contribution < 1.29 is 27.4 Å². The second kappa shape index (κ2) is 9.19. The summed E-state index contributed by atoms with van der Waals surface area (Å²) in [6, 6.07) is 6.93. The maximum Gasteiger partial charge on any atom is 0.262 e. The first-order valence-corrected chi connectivity index (χ1v) is 12.0. The van der Waals surface area contributed by atoms with Gasteiger partial charge in [0.1, 0.15) is 11.6 Å². The fraction of sp³-hybridized carbons (Fsp3) is 0.391. The van der Waals surface area contributed by atoms with Crippen LogP contribution < -0.4 is 14.8 Å². The molecule has 32 heavy (non-hydrogen) atoms. The molecule has 1 aliphatic heterocycles. The second-order valence-electron chi connectivity index (χ2n) is 7.94. The average molecular weight is 463 g/mol.